The zero-order chi connectivity index (χ0) is 10.8. The highest BCUT2D eigenvalue weighted by molar-refractivity contribution is 5.41. The number of hydrogen-bond acceptors (Lipinski definition) is 2. The van der Waals surface area contributed by atoms with Crippen LogP contribution in [0.1, 0.15) is 18.4 Å². The summed E-state index contributed by atoms with van der Waals surface area (Å²) in [6.07, 6.45) is 2.70. The Bertz CT molecular complexity index is 347. The van der Waals surface area contributed by atoms with Gasteiger partial charge in [-0.15, -0.1) is 0 Å². The molecule has 1 fully saturated rings. The van der Waals surface area contributed by atoms with Gasteiger partial charge >= 0.3 is 0 Å². The predicted octanol–water partition coefficient (Wildman–Crippen LogP) is 2.25. The van der Waals surface area contributed by atoms with Crippen molar-refractivity contribution in [3.63, 3.8) is 0 Å². The van der Waals surface area contributed by atoms with Crippen LogP contribution in [0, 0.1) is 11.7 Å². The van der Waals surface area contributed by atoms with Crippen LogP contribution in [0.4, 0.5) is 10.1 Å². The SMILES string of the molecule is CN(Cc1ccc(N)c(F)c1)CC1CC1. The zero-order valence-electron chi connectivity index (χ0n) is 9.04. The maximum atomic E-state index is 13.2. The Hall–Kier alpha value is -1.09. The third kappa shape index (κ3) is 2.93. The molecule has 0 saturated heterocycles. The van der Waals surface area contributed by atoms with E-state index in [0.717, 1.165) is 24.6 Å². The van der Waals surface area contributed by atoms with Gasteiger partial charge in [-0.3, -0.25) is 0 Å². The molecule has 0 bridgehead atoms. The van der Waals surface area contributed by atoms with Crippen LogP contribution in [0.3, 0.4) is 0 Å². The lowest BCUT2D eigenvalue weighted by Crippen LogP contribution is -2.20. The molecule has 1 aliphatic rings. The summed E-state index contributed by atoms with van der Waals surface area (Å²) in [5.74, 6) is 0.556. The summed E-state index contributed by atoms with van der Waals surface area (Å²) in [7, 11) is 2.08. The van der Waals surface area contributed by atoms with Gasteiger partial charge in [-0.05, 0) is 43.5 Å². The molecule has 0 radical (unpaired) electrons. The van der Waals surface area contributed by atoms with Crippen molar-refractivity contribution in [3.8, 4) is 0 Å². The molecule has 2 N–H and O–H groups in total. The lowest BCUT2D eigenvalue weighted by atomic mass is 10.2. The van der Waals surface area contributed by atoms with E-state index < -0.39 is 0 Å². The first-order valence-electron chi connectivity index (χ1n) is 5.37. The van der Waals surface area contributed by atoms with E-state index in [1.165, 1.54) is 18.9 Å². The molecule has 0 aliphatic heterocycles. The molecule has 0 unspecified atom stereocenters. The smallest absolute Gasteiger partial charge is 0.146 e. The fraction of sp³-hybridized carbons (Fsp3) is 0.500. The summed E-state index contributed by atoms with van der Waals surface area (Å²) < 4.78 is 13.2. The summed E-state index contributed by atoms with van der Waals surface area (Å²) in [5, 5.41) is 0. The van der Waals surface area contributed by atoms with Crippen LogP contribution in [-0.2, 0) is 6.54 Å². The van der Waals surface area contributed by atoms with Crippen molar-refractivity contribution in [1.82, 2.24) is 4.90 Å². The zero-order valence-corrected chi connectivity index (χ0v) is 9.04. The Labute approximate surface area is 89.9 Å². The average molecular weight is 208 g/mol. The summed E-state index contributed by atoms with van der Waals surface area (Å²) in [6, 6.07) is 5.05. The van der Waals surface area contributed by atoms with Crippen molar-refractivity contribution in [2.75, 3.05) is 19.3 Å². The van der Waals surface area contributed by atoms with E-state index >= 15 is 0 Å². The highest BCUT2D eigenvalue weighted by atomic mass is 19.1. The second-order valence-corrected chi connectivity index (χ2v) is 4.50. The maximum absolute atomic E-state index is 13.2. The van der Waals surface area contributed by atoms with Crippen molar-refractivity contribution in [1.29, 1.82) is 0 Å². The summed E-state index contributed by atoms with van der Waals surface area (Å²) >= 11 is 0. The van der Waals surface area contributed by atoms with Gasteiger partial charge in [0.2, 0.25) is 0 Å². The molecular weight excluding hydrogens is 191 g/mol. The molecule has 0 aromatic heterocycles. The van der Waals surface area contributed by atoms with Crippen molar-refractivity contribution in [2.24, 2.45) is 5.92 Å². The number of hydrogen-bond donors (Lipinski definition) is 1. The Balaban J connectivity index is 1.93. The second kappa shape index (κ2) is 4.19. The molecule has 1 aromatic rings. The average Bonchev–Trinajstić information content (AvgIpc) is 2.95. The molecule has 3 heteroatoms. The Morgan fingerprint density at radius 2 is 2.20 bits per heavy atom. The van der Waals surface area contributed by atoms with Gasteiger partial charge in [-0.25, -0.2) is 4.39 Å². The number of nitrogens with zero attached hydrogens (tertiary/aromatic N) is 1. The molecule has 0 spiro atoms. The molecule has 82 valence electrons. The first-order valence-corrected chi connectivity index (χ1v) is 5.37. The fourth-order valence-corrected chi connectivity index (χ4v) is 1.79. The molecule has 1 aliphatic carbocycles. The maximum Gasteiger partial charge on any atom is 0.146 e. The number of nitrogen functional groups attached to an aromatic ring is 1. The van der Waals surface area contributed by atoms with Gasteiger partial charge in [0.05, 0.1) is 5.69 Å². The highest BCUT2D eigenvalue weighted by Crippen LogP contribution is 2.29. The third-order valence-electron chi connectivity index (χ3n) is 2.78. The van der Waals surface area contributed by atoms with Gasteiger partial charge < -0.3 is 10.6 Å². The van der Waals surface area contributed by atoms with Crippen LogP contribution in [0.15, 0.2) is 18.2 Å². The van der Waals surface area contributed by atoms with E-state index in [1.807, 2.05) is 6.07 Å². The number of halogens is 1. The summed E-state index contributed by atoms with van der Waals surface area (Å²) in [5.41, 5.74) is 6.64. The lowest BCUT2D eigenvalue weighted by Gasteiger charge is -2.16. The van der Waals surface area contributed by atoms with Crippen LogP contribution in [0.2, 0.25) is 0 Å². The predicted molar refractivity (Wildman–Crippen MR) is 59.9 cm³/mol. The Morgan fingerprint density at radius 3 is 2.80 bits per heavy atom. The monoisotopic (exact) mass is 208 g/mol. The molecule has 15 heavy (non-hydrogen) atoms. The van der Waals surface area contributed by atoms with E-state index in [1.54, 1.807) is 6.07 Å². The van der Waals surface area contributed by atoms with Crippen molar-refractivity contribution < 1.29 is 4.39 Å². The molecule has 0 heterocycles. The number of benzene rings is 1. The van der Waals surface area contributed by atoms with E-state index in [2.05, 4.69) is 11.9 Å². The molecule has 1 saturated carbocycles. The molecule has 2 nitrogen and oxygen atoms in total. The second-order valence-electron chi connectivity index (χ2n) is 4.50. The minimum Gasteiger partial charge on any atom is -0.396 e. The van der Waals surface area contributed by atoms with E-state index in [4.69, 9.17) is 5.73 Å². The van der Waals surface area contributed by atoms with E-state index in [0.29, 0.717) is 0 Å². The van der Waals surface area contributed by atoms with Crippen molar-refractivity contribution in [2.45, 2.75) is 19.4 Å². The first-order chi connectivity index (χ1) is 7.15. The van der Waals surface area contributed by atoms with Crippen LogP contribution in [0.5, 0.6) is 0 Å². The standard InChI is InChI=1S/C12H17FN2/c1-15(7-9-2-3-9)8-10-4-5-12(14)11(13)6-10/h4-6,9H,2-3,7-8,14H2,1H3. The van der Waals surface area contributed by atoms with Gasteiger partial charge in [0, 0.05) is 13.1 Å². The van der Waals surface area contributed by atoms with Crippen LogP contribution < -0.4 is 5.73 Å². The number of nitrogens with two attached hydrogens (primary N) is 1. The third-order valence-corrected chi connectivity index (χ3v) is 2.78. The van der Waals surface area contributed by atoms with Crippen molar-refractivity contribution in [3.05, 3.63) is 29.6 Å². The number of anilines is 1. The van der Waals surface area contributed by atoms with Gasteiger partial charge in [0.25, 0.3) is 0 Å². The largest absolute Gasteiger partial charge is 0.396 e. The van der Waals surface area contributed by atoms with Gasteiger partial charge in [-0.2, -0.15) is 0 Å². The molecule has 1 aromatic carbocycles. The van der Waals surface area contributed by atoms with Gasteiger partial charge in [-0.1, -0.05) is 6.07 Å². The molecule has 0 amide bonds. The highest BCUT2D eigenvalue weighted by Gasteiger charge is 2.22. The quantitative estimate of drug-likeness (QED) is 0.769. The molecule has 2 rings (SSSR count). The minimum atomic E-state index is -0.313. The van der Waals surface area contributed by atoms with Crippen LogP contribution in [-0.4, -0.2) is 18.5 Å². The van der Waals surface area contributed by atoms with Crippen molar-refractivity contribution >= 4 is 5.69 Å². The van der Waals surface area contributed by atoms with Gasteiger partial charge in [0.1, 0.15) is 5.82 Å². The fourth-order valence-electron chi connectivity index (χ4n) is 1.79. The van der Waals surface area contributed by atoms with Gasteiger partial charge in [0.15, 0.2) is 0 Å². The Morgan fingerprint density at radius 1 is 1.47 bits per heavy atom. The Kier molecular flexibility index (Phi) is 2.91. The van der Waals surface area contributed by atoms with E-state index in [-0.39, 0.29) is 11.5 Å². The minimum absolute atomic E-state index is 0.226. The number of rotatable bonds is 4. The van der Waals surface area contributed by atoms with Crippen LogP contribution >= 0.6 is 0 Å². The summed E-state index contributed by atoms with van der Waals surface area (Å²) in [6.45, 7) is 1.92. The summed E-state index contributed by atoms with van der Waals surface area (Å²) in [4.78, 5) is 2.24. The lowest BCUT2D eigenvalue weighted by molar-refractivity contribution is 0.312. The molecular formula is C12H17FN2. The normalized spacial score (nSPS) is 15.9. The topological polar surface area (TPSA) is 29.3 Å². The molecule has 0 atom stereocenters. The van der Waals surface area contributed by atoms with E-state index in [9.17, 15) is 4.39 Å². The first kappa shape index (κ1) is 10.4. The van der Waals surface area contributed by atoms with Crippen LogP contribution in [0.25, 0.3) is 0 Å².